The van der Waals surface area contributed by atoms with E-state index in [1.54, 1.807) is 6.08 Å². The number of amidine groups is 1. The Morgan fingerprint density at radius 2 is 1.96 bits per heavy atom. The number of hydrogen-bond acceptors (Lipinski definition) is 4. The van der Waals surface area contributed by atoms with Crippen molar-refractivity contribution in [3.8, 4) is 0 Å². The number of rotatable bonds is 2. The minimum atomic E-state index is -0.152. The molecule has 1 saturated heterocycles. The first-order valence-corrected chi connectivity index (χ1v) is 9.46. The quantitative estimate of drug-likeness (QED) is 0.464. The highest BCUT2D eigenvalue weighted by molar-refractivity contribution is 14.1. The molecule has 2 aromatic carbocycles. The molecular formula is C18H13IN4OS. The number of carbonyl (C=O) groups excluding carboxylic acids is 1. The molecule has 0 radical (unpaired) electrons. The molecule has 1 fully saturated rings. The third-order valence-corrected chi connectivity index (χ3v) is 5.42. The molecule has 0 spiro atoms. The van der Waals surface area contributed by atoms with Gasteiger partial charge in [-0.25, -0.2) is 9.98 Å². The molecule has 1 N–H and O–H groups in total. The van der Waals surface area contributed by atoms with Gasteiger partial charge < -0.3 is 9.88 Å². The van der Waals surface area contributed by atoms with Crippen LogP contribution < -0.4 is 5.32 Å². The summed E-state index contributed by atoms with van der Waals surface area (Å²) in [6.45, 7) is 0. The van der Waals surface area contributed by atoms with Crippen molar-refractivity contribution in [3.05, 3.63) is 62.8 Å². The van der Waals surface area contributed by atoms with Crippen LogP contribution in [0, 0.1) is 3.57 Å². The average molecular weight is 460 g/mol. The van der Waals surface area contributed by atoms with Gasteiger partial charge in [-0.05, 0) is 70.8 Å². The third kappa shape index (κ3) is 3.34. The zero-order chi connectivity index (χ0) is 17.4. The van der Waals surface area contributed by atoms with Gasteiger partial charge in [-0.1, -0.05) is 12.1 Å². The zero-order valence-corrected chi connectivity index (χ0v) is 16.2. The van der Waals surface area contributed by atoms with E-state index in [1.807, 2.05) is 60.1 Å². The summed E-state index contributed by atoms with van der Waals surface area (Å²) >= 11 is 3.57. The minimum absolute atomic E-state index is 0.152. The number of carbonyl (C=O) groups is 1. The number of imidazole rings is 1. The Kier molecular flexibility index (Phi) is 4.34. The van der Waals surface area contributed by atoms with E-state index in [4.69, 9.17) is 0 Å². The lowest BCUT2D eigenvalue weighted by atomic mass is 10.3. The van der Waals surface area contributed by atoms with Gasteiger partial charge in [0.2, 0.25) is 0 Å². The molecule has 4 rings (SSSR count). The van der Waals surface area contributed by atoms with Crippen molar-refractivity contribution in [1.82, 2.24) is 14.9 Å². The monoisotopic (exact) mass is 460 g/mol. The van der Waals surface area contributed by atoms with Crippen molar-refractivity contribution < 1.29 is 4.79 Å². The van der Waals surface area contributed by atoms with Crippen molar-refractivity contribution in [2.45, 2.75) is 0 Å². The van der Waals surface area contributed by atoms with E-state index in [2.05, 4.69) is 37.9 Å². The number of nitrogens with zero attached hydrogens (tertiary/aromatic N) is 3. The van der Waals surface area contributed by atoms with Crippen LogP contribution in [-0.2, 0) is 11.8 Å². The van der Waals surface area contributed by atoms with E-state index >= 15 is 0 Å². The Morgan fingerprint density at radius 3 is 2.72 bits per heavy atom. The van der Waals surface area contributed by atoms with Crippen molar-refractivity contribution in [2.24, 2.45) is 12.0 Å². The maximum absolute atomic E-state index is 12.2. The fraction of sp³-hybridized carbons (Fsp3) is 0.0556. The second-order valence-electron chi connectivity index (χ2n) is 5.48. The van der Waals surface area contributed by atoms with Gasteiger partial charge in [-0.3, -0.25) is 4.79 Å². The lowest BCUT2D eigenvalue weighted by Crippen LogP contribution is -2.19. The Labute approximate surface area is 162 Å². The van der Waals surface area contributed by atoms with Gasteiger partial charge in [0.25, 0.3) is 5.91 Å². The summed E-state index contributed by atoms with van der Waals surface area (Å²) in [6.07, 6.45) is 1.80. The number of benzene rings is 2. The number of nitrogens with one attached hydrogen (secondary N) is 1. The van der Waals surface area contributed by atoms with Gasteiger partial charge in [-0.15, -0.1) is 0 Å². The molecule has 25 heavy (non-hydrogen) atoms. The van der Waals surface area contributed by atoms with Crippen molar-refractivity contribution >= 4 is 68.2 Å². The topological polar surface area (TPSA) is 59.3 Å². The maximum Gasteiger partial charge on any atom is 0.264 e. The summed E-state index contributed by atoms with van der Waals surface area (Å²) in [5, 5.41) is 3.39. The molecule has 0 aliphatic carbocycles. The summed E-state index contributed by atoms with van der Waals surface area (Å²) in [6, 6.07) is 15.7. The predicted octanol–water partition coefficient (Wildman–Crippen LogP) is 4.07. The van der Waals surface area contributed by atoms with E-state index in [1.165, 1.54) is 11.8 Å². The van der Waals surface area contributed by atoms with Gasteiger partial charge >= 0.3 is 0 Å². The van der Waals surface area contributed by atoms with Crippen LogP contribution in [-0.4, -0.2) is 20.6 Å². The number of halogens is 1. The molecule has 3 aromatic rings. The molecule has 124 valence electrons. The fourth-order valence-electron chi connectivity index (χ4n) is 2.52. The Bertz CT molecular complexity index is 1040. The lowest BCUT2D eigenvalue weighted by molar-refractivity contribution is -0.115. The number of aromatic nitrogens is 2. The summed E-state index contributed by atoms with van der Waals surface area (Å²) in [7, 11) is 1.94. The first-order valence-electron chi connectivity index (χ1n) is 7.57. The van der Waals surface area contributed by atoms with Gasteiger partial charge in [-0.2, -0.15) is 0 Å². The standard InChI is InChI=1S/C18H13IN4OS/c1-23-14-5-3-2-4-13(14)21-16(23)10-15-17(24)22-18(25-15)20-12-8-6-11(19)7-9-12/h2-10H,1H3,(H,20,22,24). The number of thioether (sulfide) groups is 1. The van der Waals surface area contributed by atoms with Crippen molar-refractivity contribution in [1.29, 1.82) is 0 Å². The highest BCUT2D eigenvalue weighted by Gasteiger charge is 2.24. The molecular weight excluding hydrogens is 447 g/mol. The van der Waals surface area contributed by atoms with Crippen LogP contribution in [0.4, 0.5) is 5.69 Å². The molecule has 1 aliphatic rings. The first-order chi connectivity index (χ1) is 12.1. The van der Waals surface area contributed by atoms with Crippen molar-refractivity contribution in [2.75, 3.05) is 0 Å². The van der Waals surface area contributed by atoms with E-state index < -0.39 is 0 Å². The highest BCUT2D eigenvalue weighted by atomic mass is 127. The van der Waals surface area contributed by atoms with Crippen LogP contribution in [0.1, 0.15) is 5.82 Å². The Balaban J connectivity index is 1.64. The fourth-order valence-corrected chi connectivity index (χ4v) is 3.69. The smallest absolute Gasteiger partial charge is 0.264 e. The van der Waals surface area contributed by atoms with E-state index in [9.17, 15) is 4.79 Å². The number of fused-ring (bicyclic) bond motifs is 1. The summed E-state index contributed by atoms with van der Waals surface area (Å²) in [5.41, 5.74) is 2.76. The number of amides is 1. The number of aryl methyl sites for hydroxylation is 1. The third-order valence-electron chi connectivity index (χ3n) is 3.79. The van der Waals surface area contributed by atoms with Crippen LogP contribution >= 0.6 is 34.4 Å². The van der Waals surface area contributed by atoms with E-state index in [-0.39, 0.29) is 5.91 Å². The Morgan fingerprint density at radius 1 is 1.20 bits per heavy atom. The second kappa shape index (κ2) is 6.64. The summed E-state index contributed by atoms with van der Waals surface area (Å²) in [5.74, 6) is 0.593. The van der Waals surface area contributed by atoms with Gasteiger partial charge in [0.05, 0.1) is 21.6 Å². The molecule has 0 saturated carbocycles. The molecule has 7 heteroatoms. The first kappa shape index (κ1) is 16.3. The highest BCUT2D eigenvalue weighted by Crippen LogP contribution is 2.28. The number of hydrogen-bond donors (Lipinski definition) is 1. The van der Waals surface area contributed by atoms with Crippen molar-refractivity contribution in [3.63, 3.8) is 0 Å². The maximum atomic E-state index is 12.2. The van der Waals surface area contributed by atoms with Crippen LogP contribution in [0.3, 0.4) is 0 Å². The molecule has 1 aromatic heterocycles. The van der Waals surface area contributed by atoms with Gasteiger partial charge in [0.15, 0.2) is 5.17 Å². The lowest BCUT2D eigenvalue weighted by Gasteiger charge is -1.97. The molecule has 1 amide bonds. The van der Waals surface area contributed by atoms with Crippen LogP contribution in [0.15, 0.2) is 58.4 Å². The molecule has 5 nitrogen and oxygen atoms in total. The largest absolute Gasteiger partial charge is 0.328 e. The normalized spacial score (nSPS) is 17.6. The average Bonchev–Trinajstić information content (AvgIpc) is 3.11. The van der Waals surface area contributed by atoms with Crippen LogP contribution in [0.25, 0.3) is 17.1 Å². The summed E-state index contributed by atoms with van der Waals surface area (Å²) < 4.78 is 3.12. The van der Waals surface area contributed by atoms with Gasteiger partial charge in [0.1, 0.15) is 5.82 Å². The zero-order valence-electron chi connectivity index (χ0n) is 13.2. The Hall–Kier alpha value is -2.13. The summed E-state index contributed by atoms with van der Waals surface area (Å²) in [4.78, 5) is 21.9. The molecule has 0 atom stereocenters. The van der Waals surface area contributed by atoms with Crippen LogP contribution in [0.5, 0.6) is 0 Å². The molecule has 1 aliphatic heterocycles. The van der Waals surface area contributed by atoms with Crippen LogP contribution in [0.2, 0.25) is 0 Å². The molecule has 0 unspecified atom stereocenters. The molecule has 2 heterocycles. The number of para-hydroxylation sites is 2. The van der Waals surface area contributed by atoms with Gasteiger partial charge in [0, 0.05) is 16.7 Å². The van der Waals surface area contributed by atoms with E-state index in [0.29, 0.717) is 10.1 Å². The second-order valence-corrected chi connectivity index (χ2v) is 7.75. The predicted molar refractivity (Wildman–Crippen MR) is 111 cm³/mol. The SMILES string of the molecule is Cn1c(C=C2SC(=Nc3ccc(I)cc3)NC2=O)nc2ccccc21. The number of aliphatic imine (C=N–C) groups is 1. The minimum Gasteiger partial charge on any atom is -0.328 e. The van der Waals surface area contributed by atoms with E-state index in [0.717, 1.165) is 26.1 Å². The molecule has 0 bridgehead atoms.